The number of hydrogen-bond donors (Lipinski definition) is 1. The van der Waals surface area contributed by atoms with Crippen LogP contribution in [0, 0.1) is 13.8 Å². The second-order valence-corrected chi connectivity index (χ2v) is 7.04. The molecule has 3 rings (SSSR count). The number of benzene rings is 1. The van der Waals surface area contributed by atoms with Gasteiger partial charge in [0.1, 0.15) is 11.6 Å². The summed E-state index contributed by atoms with van der Waals surface area (Å²) >= 11 is 0. The Balaban J connectivity index is 1.76. The Bertz CT molecular complexity index is 753. The van der Waals surface area contributed by atoms with Crippen LogP contribution in [0.4, 0.5) is 5.82 Å². The number of aliphatic hydroxyl groups excluding tert-OH is 1. The number of piperazine rings is 1. The minimum atomic E-state index is 0.181. The van der Waals surface area contributed by atoms with E-state index >= 15 is 0 Å². The molecule has 1 fully saturated rings. The average Bonchev–Trinajstić information content (AvgIpc) is 2.67. The smallest absolute Gasteiger partial charge is 0.150 e. The van der Waals surface area contributed by atoms with Crippen LogP contribution >= 0.6 is 0 Å². The van der Waals surface area contributed by atoms with Crippen molar-refractivity contribution in [1.82, 2.24) is 14.9 Å². The maximum Gasteiger partial charge on any atom is 0.150 e. The minimum absolute atomic E-state index is 0.181. The Morgan fingerprint density at radius 1 is 1.22 bits per heavy atom. The molecule has 2 heterocycles. The van der Waals surface area contributed by atoms with Crippen LogP contribution in [0.2, 0.25) is 0 Å². The molecule has 2 aromatic rings. The molecule has 1 unspecified atom stereocenters. The van der Waals surface area contributed by atoms with E-state index in [4.69, 9.17) is 9.72 Å². The van der Waals surface area contributed by atoms with Crippen molar-refractivity contribution in [3.05, 3.63) is 47.4 Å². The lowest BCUT2D eigenvalue weighted by Gasteiger charge is -2.42. The van der Waals surface area contributed by atoms with Crippen molar-refractivity contribution in [2.45, 2.75) is 39.8 Å². The van der Waals surface area contributed by atoms with Gasteiger partial charge in [-0.25, -0.2) is 4.98 Å². The Kier molecular flexibility index (Phi) is 6.63. The largest absolute Gasteiger partial charge is 0.494 e. The highest BCUT2D eigenvalue weighted by Gasteiger charge is 2.29. The number of aromatic nitrogens is 2. The van der Waals surface area contributed by atoms with Gasteiger partial charge in [-0.05, 0) is 33.3 Å². The Morgan fingerprint density at radius 3 is 2.81 bits per heavy atom. The summed E-state index contributed by atoms with van der Waals surface area (Å²) in [4.78, 5) is 13.9. The third kappa shape index (κ3) is 4.76. The van der Waals surface area contributed by atoms with Crippen molar-refractivity contribution in [2.24, 2.45) is 0 Å². The summed E-state index contributed by atoms with van der Waals surface area (Å²) in [5.41, 5.74) is 3.09. The summed E-state index contributed by atoms with van der Waals surface area (Å²) in [6, 6.07) is 8.49. The summed E-state index contributed by atoms with van der Waals surface area (Å²) in [5.74, 6) is 1.91. The molecule has 0 radical (unpaired) electrons. The van der Waals surface area contributed by atoms with Crippen LogP contribution in [0.25, 0.3) is 0 Å². The van der Waals surface area contributed by atoms with E-state index < -0.39 is 0 Å². The highest BCUT2D eigenvalue weighted by molar-refractivity contribution is 5.44. The Labute approximate surface area is 161 Å². The molecule has 0 amide bonds. The molecule has 6 heteroatoms. The molecular weight excluding hydrogens is 340 g/mol. The molecule has 1 aromatic carbocycles. The molecule has 0 bridgehead atoms. The zero-order valence-corrected chi connectivity index (χ0v) is 16.6. The van der Waals surface area contributed by atoms with Gasteiger partial charge in [0, 0.05) is 50.6 Å². The summed E-state index contributed by atoms with van der Waals surface area (Å²) in [5, 5.41) is 9.60. The number of nitrogens with zero attached hydrogens (tertiary/aromatic N) is 4. The van der Waals surface area contributed by atoms with Gasteiger partial charge in [-0.2, -0.15) is 0 Å². The van der Waals surface area contributed by atoms with E-state index in [1.54, 1.807) is 0 Å². The lowest BCUT2D eigenvalue weighted by Crippen LogP contribution is -2.53. The van der Waals surface area contributed by atoms with E-state index in [-0.39, 0.29) is 12.6 Å². The van der Waals surface area contributed by atoms with Crippen LogP contribution in [0.3, 0.4) is 0 Å². The molecule has 1 aliphatic rings. The molecule has 0 saturated carbocycles. The standard InChI is InChI=1S/C21H30N4O2/c1-4-27-20-8-6-5-7-18(20)14-24-10-11-25(15-19(24)9-12-26)21-17(3)22-13-16(2)23-21/h5-8,13,19,26H,4,9-12,14-15H2,1-3H3. The SMILES string of the molecule is CCOc1ccccc1CN1CCN(c2nc(C)cnc2C)CC1CCO. The number of hydrogen-bond acceptors (Lipinski definition) is 6. The van der Waals surface area contributed by atoms with E-state index in [0.29, 0.717) is 6.61 Å². The maximum absolute atomic E-state index is 9.60. The van der Waals surface area contributed by atoms with Crippen LogP contribution < -0.4 is 9.64 Å². The third-order valence-corrected chi connectivity index (χ3v) is 5.06. The van der Waals surface area contributed by atoms with Crippen LogP contribution in [-0.2, 0) is 6.54 Å². The van der Waals surface area contributed by atoms with Crippen molar-refractivity contribution >= 4 is 5.82 Å². The number of aryl methyl sites for hydroxylation is 2. The summed E-state index contributed by atoms with van der Waals surface area (Å²) in [6.07, 6.45) is 2.55. The maximum atomic E-state index is 9.60. The number of aliphatic hydroxyl groups is 1. The number of rotatable bonds is 7. The highest BCUT2D eigenvalue weighted by Crippen LogP contribution is 2.25. The molecule has 1 aliphatic heterocycles. The van der Waals surface area contributed by atoms with E-state index in [1.807, 2.05) is 39.1 Å². The van der Waals surface area contributed by atoms with Crippen molar-refractivity contribution in [3.8, 4) is 5.75 Å². The first-order valence-electron chi connectivity index (χ1n) is 9.73. The van der Waals surface area contributed by atoms with Crippen LogP contribution in [0.1, 0.15) is 30.3 Å². The van der Waals surface area contributed by atoms with Crippen LogP contribution in [0.5, 0.6) is 5.75 Å². The number of anilines is 1. The molecule has 0 spiro atoms. The van der Waals surface area contributed by atoms with Gasteiger partial charge in [-0.15, -0.1) is 0 Å². The van der Waals surface area contributed by atoms with Crippen molar-refractivity contribution in [1.29, 1.82) is 0 Å². The van der Waals surface area contributed by atoms with Gasteiger partial charge in [0.05, 0.1) is 18.0 Å². The first-order valence-corrected chi connectivity index (χ1v) is 9.73. The lowest BCUT2D eigenvalue weighted by molar-refractivity contribution is 0.133. The molecule has 1 saturated heterocycles. The topological polar surface area (TPSA) is 61.7 Å². The fourth-order valence-electron chi connectivity index (χ4n) is 3.69. The number of para-hydroxylation sites is 1. The fraction of sp³-hybridized carbons (Fsp3) is 0.524. The first-order chi connectivity index (χ1) is 13.1. The zero-order valence-electron chi connectivity index (χ0n) is 16.6. The second-order valence-electron chi connectivity index (χ2n) is 7.04. The Morgan fingerprint density at radius 2 is 2.04 bits per heavy atom. The third-order valence-electron chi connectivity index (χ3n) is 5.06. The molecule has 0 aliphatic carbocycles. The first kappa shape index (κ1) is 19.6. The quantitative estimate of drug-likeness (QED) is 0.808. The van der Waals surface area contributed by atoms with Crippen LogP contribution in [0.15, 0.2) is 30.5 Å². The van der Waals surface area contributed by atoms with E-state index in [1.165, 1.54) is 5.56 Å². The van der Waals surface area contributed by atoms with Crippen LogP contribution in [-0.4, -0.2) is 58.9 Å². The molecule has 27 heavy (non-hydrogen) atoms. The summed E-state index contributed by atoms with van der Waals surface area (Å²) in [7, 11) is 0. The van der Waals surface area contributed by atoms with Gasteiger partial charge < -0.3 is 14.7 Å². The van der Waals surface area contributed by atoms with Crippen molar-refractivity contribution < 1.29 is 9.84 Å². The van der Waals surface area contributed by atoms with E-state index in [0.717, 1.165) is 55.6 Å². The highest BCUT2D eigenvalue weighted by atomic mass is 16.5. The van der Waals surface area contributed by atoms with Gasteiger partial charge >= 0.3 is 0 Å². The molecule has 1 N–H and O–H groups in total. The molecular formula is C21H30N4O2. The average molecular weight is 370 g/mol. The monoisotopic (exact) mass is 370 g/mol. The lowest BCUT2D eigenvalue weighted by atomic mass is 10.1. The molecule has 6 nitrogen and oxygen atoms in total. The zero-order chi connectivity index (χ0) is 19.2. The van der Waals surface area contributed by atoms with Crippen molar-refractivity contribution in [2.75, 3.05) is 37.7 Å². The van der Waals surface area contributed by atoms with E-state index in [2.05, 4.69) is 26.9 Å². The van der Waals surface area contributed by atoms with Crippen molar-refractivity contribution in [3.63, 3.8) is 0 Å². The second kappa shape index (κ2) is 9.15. The molecule has 1 atom stereocenters. The van der Waals surface area contributed by atoms with Gasteiger partial charge in [0.2, 0.25) is 0 Å². The fourth-order valence-corrected chi connectivity index (χ4v) is 3.69. The normalized spacial score (nSPS) is 17.9. The Hall–Kier alpha value is -2.18. The minimum Gasteiger partial charge on any atom is -0.494 e. The molecule has 1 aromatic heterocycles. The van der Waals surface area contributed by atoms with Gasteiger partial charge in [0.15, 0.2) is 0 Å². The van der Waals surface area contributed by atoms with Gasteiger partial charge in [-0.1, -0.05) is 18.2 Å². The summed E-state index contributed by atoms with van der Waals surface area (Å²) in [6.45, 7) is 10.3. The van der Waals surface area contributed by atoms with E-state index in [9.17, 15) is 5.11 Å². The van der Waals surface area contributed by atoms with Gasteiger partial charge in [0.25, 0.3) is 0 Å². The number of ether oxygens (including phenoxy) is 1. The molecule has 146 valence electrons. The predicted octanol–water partition coefficient (Wildman–Crippen LogP) is 2.57. The summed E-state index contributed by atoms with van der Waals surface area (Å²) < 4.78 is 5.79. The van der Waals surface area contributed by atoms with Gasteiger partial charge in [-0.3, -0.25) is 9.88 Å². The predicted molar refractivity (Wildman–Crippen MR) is 107 cm³/mol.